The van der Waals surface area contributed by atoms with Crippen molar-refractivity contribution in [2.24, 2.45) is 0 Å². The van der Waals surface area contributed by atoms with Crippen LogP contribution in [0.1, 0.15) is 16.5 Å². The van der Waals surface area contributed by atoms with Crippen LogP contribution in [0, 0.1) is 6.92 Å². The summed E-state index contributed by atoms with van der Waals surface area (Å²) < 4.78 is 1.89. The van der Waals surface area contributed by atoms with Crippen molar-refractivity contribution in [3.63, 3.8) is 0 Å². The number of thiophene rings is 1. The van der Waals surface area contributed by atoms with Crippen molar-refractivity contribution in [2.45, 2.75) is 32.6 Å². The average Bonchev–Trinajstić information content (AvgIpc) is 3.28. The van der Waals surface area contributed by atoms with Gasteiger partial charge in [0.05, 0.1) is 18.0 Å². The first kappa shape index (κ1) is 15.4. The molecule has 1 N–H and O–H groups in total. The molecule has 0 bridgehead atoms. The predicted molar refractivity (Wildman–Crippen MR) is 90.9 cm³/mol. The first-order chi connectivity index (χ1) is 11.6. The molecule has 3 aromatic rings. The van der Waals surface area contributed by atoms with E-state index in [9.17, 15) is 9.90 Å². The van der Waals surface area contributed by atoms with Crippen molar-refractivity contribution in [1.82, 2.24) is 24.6 Å². The molecule has 24 heavy (non-hydrogen) atoms. The van der Waals surface area contributed by atoms with Crippen LogP contribution in [-0.2, 0) is 24.4 Å². The highest BCUT2D eigenvalue weighted by Gasteiger charge is 2.33. The third-order valence-corrected chi connectivity index (χ3v) is 6.10. The Kier molecular flexibility index (Phi) is 3.91. The SMILES string of the molecule is Cc1nnc2n1CC(C(=O)O)N(Cc1cnc(-c3cccs3)s1)C2. The number of nitrogens with zero attached hydrogens (tertiary/aromatic N) is 5. The fraction of sp³-hybridized carbons (Fsp3) is 0.333. The first-order valence-electron chi connectivity index (χ1n) is 7.46. The van der Waals surface area contributed by atoms with Gasteiger partial charge in [-0.1, -0.05) is 6.07 Å². The Morgan fingerprint density at radius 1 is 1.46 bits per heavy atom. The minimum absolute atomic E-state index is 0.375. The number of carbonyl (C=O) groups is 1. The number of hydrogen-bond donors (Lipinski definition) is 1. The van der Waals surface area contributed by atoms with Crippen molar-refractivity contribution < 1.29 is 9.90 Å². The Morgan fingerprint density at radius 3 is 3.08 bits per heavy atom. The molecule has 0 aromatic carbocycles. The molecule has 1 aliphatic heterocycles. The highest BCUT2D eigenvalue weighted by molar-refractivity contribution is 7.20. The number of aryl methyl sites for hydroxylation is 1. The van der Waals surface area contributed by atoms with E-state index in [1.807, 2.05) is 40.1 Å². The summed E-state index contributed by atoms with van der Waals surface area (Å²) in [5, 5.41) is 20.8. The maximum Gasteiger partial charge on any atom is 0.322 e. The quantitative estimate of drug-likeness (QED) is 0.767. The van der Waals surface area contributed by atoms with E-state index >= 15 is 0 Å². The highest BCUT2D eigenvalue weighted by atomic mass is 32.1. The number of hydrogen-bond acceptors (Lipinski definition) is 7. The minimum Gasteiger partial charge on any atom is -0.480 e. The lowest BCUT2D eigenvalue weighted by atomic mass is 10.2. The molecule has 1 atom stereocenters. The van der Waals surface area contributed by atoms with Gasteiger partial charge in [-0.3, -0.25) is 9.69 Å². The fourth-order valence-electron chi connectivity index (χ4n) is 2.85. The van der Waals surface area contributed by atoms with Crippen LogP contribution in [0.4, 0.5) is 0 Å². The number of carboxylic acids is 1. The molecule has 0 saturated carbocycles. The summed E-state index contributed by atoms with van der Waals surface area (Å²) in [6, 6.07) is 3.46. The molecule has 0 amide bonds. The molecular weight excluding hydrogens is 346 g/mol. The van der Waals surface area contributed by atoms with Gasteiger partial charge in [0.1, 0.15) is 22.7 Å². The van der Waals surface area contributed by atoms with Crippen LogP contribution < -0.4 is 0 Å². The van der Waals surface area contributed by atoms with E-state index in [0.717, 1.165) is 26.4 Å². The van der Waals surface area contributed by atoms with Crippen LogP contribution in [0.15, 0.2) is 23.7 Å². The molecule has 0 radical (unpaired) electrons. The van der Waals surface area contributed by atoms with Gasteiger partial charge < -0.3 is 9.67 Å². The third-order valence-electron chi connectivity index (χ3n) is 4.08. The van der Waals surface area contributed by atoms with Gasteiger partial charge in [0.2, 0.25) is 0 Å². The third kappa shape index (κ3) is 2.74. The summed E-state index contributed by atoms with van der Waals surface area (Å²) >= 11 is 3.26. The molecule has 1 unspecified atom stereocenters. The van der Waals surface area contributed by atoms with Crippen LogP contribution >= 0.6 is 22.7 Å². The van der Waals surface area contributed by atoms with Gasteiger partial charge in [-0.15, -0.1) is 32.9 Å². The van der Waals surface area contributed by atoms with E-state index in [-0.39, 0.29) is 0 Å². The molecule has 4 heterocycles. The van der Waals surface area contributed by atoms with Crippen LogP contribution in [0.2, 0.25) is 0 Å². The van der Waals surface area contributed by atoms with Gasteiger partial charge in [0.15, 0.2) is 0 Å². The smallest absolute Gasteiger partial charge is 0.322 e. The van der Waals surface area contributed by atoms with Gasteiger partial charge in [0.25, 0.3) is 0 Å². The van der Waals surface area contributed by atoms with E-state index in [1.54, 1.807) is 22.7 Å². The second-order valence-electron chi connectivity index (χ2n) is 5.64. The lowest BCUT2D eigenvalue weighted by molar-refractivity contribution is -0.145. The molecule has 7 nitrogen and oxygen atoms in total. The minimum atomic E-state index is -0.822. The van der Waals surface area contributed by atoms with Crippen molar-refractivity contribution in [2.75, 3.05) is 0 Å². The molecule has 9 heteroatoms. The molecule has 4 rings (SSSR count). The lowest BCUT2D eigenvalue weighted by Gasteiger charge is -2.32. The average molecular weight is 361 g/mol. The standard InChI is InChI=1S/C15H15N5O2S2/c1-9-17-18-13-8-19(11(15(21)22)7-20(9)13)6-10-5-16-14(24-10)12-3-2-4-23-12/h2-5,11H,6-8H2,1H3,(H,21,22). The number of thiazole rings is 1. The summed E-state index contributed by atoms with van der Waals surface area (Å²) in [7, 11) is 0. The second kappa shape index (κ2) is 6.08. The van der Waals surface area contributed by atoms with E-state index in [2.05, 4.69) is 15.2 Å². The zero-order chi connectivity index (χ0) is 16.7. The Hall–Kier alpha value is -2.10. The van der Waals surface area contributed by atoms with Crippen LogP contribution in [0.5, 0.6) is 0 Å². The van der Waals surface area contributed by atoms with Crippen molar-refractivity contribution in [3.8, 4) is 9.88 Å². The Morgan fingerprint density at radius 2 is 2.33 bits per heavy atom. The summed E-state index contributed by atoms with van der Waals surface area (Å²) in [5.74, 6) is 0.749. The van der Waals surface area contributed by atoms with Gasteiger partial charge >= 0.3 is 5.97 Å². The molecule has 0 saturated heterocycles. The Bertz CT molecular complexity index is 870. The normalized spacial score (nSPS) is 17.8. The maximum absolute atomic E-state index is 11.7. The molecule has 0 spiro atoms. The molecule has 3 aromatic heterocycles. The zero-order valence-corrected chi connectivity index (χ0v) is 14.5. The van der Waals surface area contributed by atoms with Gasteiger partial charge in [-0.2, -0.15) is 0 Å². The largest absolute Gasteiger partial charge is 0.480 e. The van der Waals surface area contributed by atoms with Crippen LogP contribution in [0.25, 0.3) is 9.88 Å². The number of carboxylic acid groups (broad SMARTS) is 1. The summed E-state index contributed by atoms with van der Waals surface area (Å²) in [5.41, 5.74) is 0. The lowest BCUT2D eigenvalue weighted by Crippen LogP contribution is -2.47. The molecule has 0 fully saturated rings. The number of rotatable bonds is 4. The first-order valence-corrected chi connectivity index (χ1v) is 9.15. The highest BCUT2D eigenvalue weighted by Crippen LogP contribution is 2.30. The maximum atomic E-state index is 11.7. The molecular formula is C15H15N5O2S2. The second-order valence-corrected chi connectivity index (χ2v) is 7.70. The van der Waals surface area contributed by atoms with Crippen molar-refractivity contribution >= 4 is 28.6 Å². The summed E-state index contributed by atoms with van der Waals surface area (Å²) in [6.07, 6.45) is 1.84. The van der Waals surface area contributed by atoms with Crippen LogP contribution in [-0.4, -0.2) is 41.8 Å². The van der Waals surface area contributed by atoms with E-state index in [0.29, 0.717) is 19.6 Å². The van der Waals surface area contributed by atoms with Gasteiger partial charge in [-0.05, 0) is 18.4 Å². The van der Waals surface area contributed by atoms with Gasteiger partial charge in [0, 0.05) is 17.6 Å². The fourth-order valence-corrected chi connectivity index (χ4v) is 4.60. The van der Waals surface area contributed by atoms with E-state index in [1.165, 1.54) is 0 Å². The molecule has 124 valence electrons. The van der Waals surface area contributed by atoms with E-state index < -0.39 is 12.0 Å². The van der Waals surface area contributed by atoms with E-state index in [4.69, 9.17) is 0 Å². The number of aromatic nitrogens is 4. The summed E-state index contributed by atoms with van der Waals surface area (Å²) in [6.45, 7) is 3.25. The molecule has 0 aliphatic carbocycles. The number of fused-ring (bicyclic) bond motifs is 1. The van der Waals surface area contributed by atoms with Gasteiger partial charge in [-0.25, -0.2) is 4.98 Å². The zero-order valence-electron chi connectivity index (χ0n) is 12.9. The number of aliphatic carboxylic acids is 1. The Labute approximate surface area is 146 Å². The topological polar surface area (TPSA) is 84.1 Å². The van der Waals surface area contributed by atoms with Crippen molar-refractivity contribution in [1.29, 1.82) is 0 Å². The summed E-state index contributed by atoms with van der Waals surface area (Å²) in [4.78, 5) is 20.3. The monoisotopic (exact) mass is 361 g/mol. The predicted octanol–water partition coefficient (Wildman–Crippen LogP) is 2.24. The molecule has 1 aliphatic rings. The Balaban J connectivity index is 1.57. The van der Waals surface area contributed by atoms with Crippen LogP contribution in [0.3, 0.4) is 0 Å². The van der Waals surface area contributed by atoms with Crippen molar-refractivity contribution in [3.05, 3.63) is 40.2 Å².